The van der Waals surface area contributed by atoms with Crippen molar-refractivity contribution in [2.45, 2.75) is 50.8 Å². The van der Waals surface area contributed by atoms with Gasteiger partial charge in [-0.2, -0.15) is 0 Å². The fourth-order valence-corrected chi connectivity index (χ4v) is 11.0. The van der Waals surface area contributed by atoms with Gasteiger partial charge in [0.2, 0.25) is 0 Å². The molecule has 64 heavy (non-hydrogen) atoms. The Kier molecular flexibility index (Phi) is 12.3. The zero-order valence-corrected chi connectivity index (χ0v) is 38.2. The van der Waals surface area contributed by atoms with Crippen molar-refractivity contribution in [3.05, 3.63) is 122 Å². The molecule has 5 aromatic rings. The maximum atomic E-state index is 14.1. The summed E-state index contributed by atoms with van der Waals surface area (Å²) in [5.74, 6) is -0.273. The van der Waals surface area contributed by atoms with Crippen LogP contribution in [-0.2, 0) is 22.9 Å². The first-order valence-electron chi connectivity index (χ1n) is 22.1. The van der Waals surface area contributed by atoms with Gasteiger partial charge in [-0.05, 0) is 110 Å². The summed E-state index contributed by atoms with van der Waals surface area (Å²) in [5.41, 5.74) is 6.79. The molecule has 2 N–H and O–H groups in total. The highest BCUT2D eigenvalue weighted by atomic mass is 35.5. The molecule has 2 saturated heterocycles. The van der Waals surface area contributed by atoms with Crippen LogP contribution in [0.25, 0.3) is 16.6 Å². The molecule has 4 aliphatic rings. The van der Waals surface area contributed by atoms with Gasteiger partial charge < -0.3 is 24.4 Å². The van der Waals surface area contributed by atoms with Crippen molar-refractivity contribution in [2.24, 2.45) is 11.3 Å². The van der Waals surface area contributed by atoms with Gasteiger partial charge in [-0.25, -0.2) is 18.1 Å². The number of hydrogen-bond donors (Lipinski definition) is 2. The van der Waals surface area contributed by atoms with Crippen molar-refractivity contribution in [1.82, 2.24) is 29.4 Å². The summed E-state index contributed by atoms with van der Waals surface area (Å²) in [7, 11) is -2.45. The summed E-state index contributed by atoms with van der Waals surface area (Å²) in [4.78, 5) is 42.5. The van der Waals surface area contributed by atoms with E-state index in [0.717, 1.165) is 107 Å². The molecule has 0 bridgehead atoms. The number of carbonyl (C=O) groups is 1. The summed E-state index contributed by atoms with van der Waals surface area (Å²) < 4.78 is 36.6. The van der Waals surface area contributed by atoms with Gasteiger partial charge in [-0.3, -0.25) is 19.8 Å². The minimum atomic E-state index is -4.54. The second kappa shape index (κ2) is 17.9. The van der Waals surface area contributed by atoms with Gasteiger partial charge in [-0.1, -0.05) is 43.2 Å². The van der Waals surface area contributed by atoms with E-state index < -0.39 is 20.9 Å². The SMILES string of the molecule is CN1CCN(C[C@@H]2Cc3cc(S(=O)(=O)NC(=O)c4ccc(N5CCN(CC6=C(c7ccc(Cl)cc7)CC(C)(C)CC6)CC5)cc4Oc4cnc5[nH]ccc5c4)cc([N+](=O)[O-])c3C2)CC1. The van der Waals surface area contributed by atoms with E-state index >= 15 is 0 Å². The maximum Gasteiger partial charge on any atom is 0.274 e. The number of sulfonamides is 1. The lowest BCUT2D eigenvalue weighted by Gasteiger charge is -2.39. The largest absolute Gasteiger partial charge is 0.455 e. The van der Waals surface area contributed by atoms with Crippen LogP contribution < -0.4 is 14.4 Å². The molecule has 2 aliphatic heterocycles. The maximum absolute atomic E-state index is 14.1. The highest BCUT2D eigenvalue weighted by Crippen LogP contribution is 2.44. The van der Waals surface area contributed by atoms with E-state index in [2.05, 4.69) is 67.3 Å². The average molecular weight is 908 g/mol. The molecule has 16 heteroatoms. The predicted octanol–water partition coefficient (Wildman–Crippen LogP) is 7.78. The van der Waals surface area contributed by atoms with Crippen LogP contribution in [0.5, 0.6) is 11.5 Å². The van der Waals surface area contributed by atoms with Crippen molar-refractivity contribution in [3.8, 4) is 11.5 Å². The molecule has 0 spiro atoms. The first kappa shape index (κ1) is 43.9. The Hall–Kier alpha value is -5.32. The summed E-state index contributed by atoms with van der Waals surface area (Å²) in [6.07, 6.45) is 7.54. The smallest absolute Gasteiger partial charge is 0.274 e. The molecule has 0 unspecified atom stereocenters. The van der Waals surface area contributed by atoms with Gasteiger partial charge in [0.15, 0.2) is 0 Å². The van der Waals surface area contributed by atoms with Gasteiger partial charge >= 0.3 is 0 Å². The molecular formula is C48H55ClN8O6S. The number of carbonyl (C=O) groups excluding carboxylic acids is 1. The lowest BCUT2D eigenvalue weighted by Crippen LogP contribution is -2.47. The van der Waals surface area contributed by atoms with Gasteiger partial charge in [0.05, 0.1) is 21.6 Å². The number of hydrogen-bond acceptors (Lipinski definition) is 11. The molecule has 2 fully saturated rings. The quantitative estimate of drug-likeness (QED) is 0.0931. The molecule has 336 valence electrons. The topological polar surface area (TPSA) is 157 Å². The number of fused-ring (bicyclic) bond motifs is 2. The third-order valence-electron chi connectivity index (χ3n) is 13.5. The highest BCUT2D eigenvalue weighted by Gasteiger charge is 2.35. The first-order valence-corrected chi connectivity index (χ1v) is 24.0. The number of nitrogens with zero attached hydrogens (tertiary/aromatic N) is 6. The number of halogens is 1. The van der Waals surface area contributed by atoms with Crippen LogP contribution in [0.2, 0.25) is 5.02 Å². The molecule has 14 nitrogen and oxygen atoms in total. The van der Waals surface area contributed by atoms with Gasteiger partial charge in [-0.15, -0.1) is 0 Å². The molecule has 1 atom stereocenters. The first-order chi connectivity index (χ1) is 30.7. The minimum Gasteiger partial charge on any atom is -0.455 e. The Morgan fingerprint density at radius 2 is 1.72 bits per heavy atom. The number of nitro benzene ring substituents is 1. The van der Waals surface area contributed by atoms with Crippen LogP contribution in [0, 0.1) is 21.4 Å². The van der Waals surface area contributed by atoms with Crippen molar-refractivity contribution in [3.63, 3.8) is 0 Å². The second-order valence-electron chi connectivity index (χ2n) is 18.7. The normalized spacial score (nSPS) is 19.8. The lowest BCUT2D eigenvalue weighted by molar-refractivity contribution is -0.385. The van der Waals surface area contributed by atoms with E-state index in [4.69, 9.17) is 16.3 Å². The molecule has 0 saturated carbocycles. The number of nitrogens with one attached hydrogen (secondary N) is 2. The van der Waals surface area contributed by atoms with Crippen LogP contribution in [-0.4, -0.2) is 116 Å². The number of benzene rings is 3. The van der Waals surface area contributed by atoms with Crippen LogP contribution in [0.15, 0.2) is 89.6 Å². The number of nitro groups is 1. The van der Waals surface area contributed by atoms with E-state index in [1.807, 2.05) is 24.3 Å². The zero-order chi connectivity index (χ0) is 44.8. The fraction of sp³-hybridized carbons (Fsp3) is 0.417. The molecule has 1 amide bonds. The van der Waals surface area contributed by atoms with E-state index in [0.29, 0.717) is 35.4 Å². The van der Waals surface area contributed by atoms with Crippen molar-refractivity contribution in [2.75, 3.05) is 77.4 Å². The Morgan fingerprint density at radius 3 is 2.47 bits per heavy atom. The fourth-order valence-electron chi connectivity index (χ4n) is 9.84. The standard InChI is InChI=1S/C48H55ClN8O6S/c1-48(2)12-10-35(43(28-48)33-4-6-37(49)7-5-33)31-55-18-20-56(21-19-55)38-8-9-41(45(26-38)63-39-24-34-11-13-50-46(34)51-29-39)47(58)52-64(61,62)40-25-36-22-32(23-42(36)44(27-40)57(59)60)30-54-16-14-53(3)15-17-54/h4-9,11,13,24-27,29,32H,10,12,14-23,28,30-31H2,1-3H3,(H,50,51)(H,52,58)/t32-/m1/s1. The summed E-state index contributed by atoms with van der Waals surface area (Å²) >= 11 is 6.25. The number of aromatic nitrogens is 2. The van der Waals surface area contributed by atoms with E-state index in [-0.39, 0.29) is 33.2 Å². The molecule has 0 radical (unpaired) electrons. The van der Waals surface area contributed by atoms with Crippen LogP contribution in [0.3, 0.4) is 0 Å². The number of amides is 1. The van der Waals surface area contributed by atoms with Gasteiger partial charge in [0.1, 0.15) is 17.1 Å². The van der Waals surface area contributed by atoms with Crippen molar-refractivity contribution < 1.29 is 22.9 Å². The molecule has 3 aromatic carbocycles. The number of H-pyrrole nitrogens is 1. The van der Waals surface area contributed by atoms with Gasteiger partial charge in [0.25, 0.3) is 21.6 Å². The minimum absolute atomic E-state index is 0.00934. The summed E-state index contributed by atoms with van der Waals surface area (Å²) in [6, 6.07) is 19.6. The number of likely N-dealkylation sites (N-methyl/N-ethyl adjacent to an activating group) is 1. The number of ether oxygens (including phenoxy) is 1. The number of aromatic amines is 1. The molecule has 9 rings (SSSR count). The Balaban J connectivity index is 0.936. The van der Waals surface area contributed by atoms with Crippen molar-refractivity contribution >= 4 is 55.5 Å². The third kappa shape index (κ3) is 9.69. The number of rotatable bonds is 12. The van der Waals surface area contributed by atoms with Crippen LogP contribution >= 0.6 is 11.6 Å². The zero-order valence-electron chi connectivity index (χ0n) is 36.6. The Labute approximate surface area is 379 Å². The number of piperazine rings is 2. The Morgan fingerprint density at radius 1 is 0.969 bits per heavy atom. The summed E-state index contributed by atoms with van der Waals surface area (Å²) in [5, 5.41) is 13.9. The molecule has 2 aromatic heterocycles. The molecular weight excluding hydrogens is 852 g/mol. The van der Waals surface area contributed by atoms with Crippen LogP contribution in [0.4, 0.5) is 11.4 Å². The molecule has 4 heterocycles. The van der Waals surface area contributed by atoms with Crippen LogP contribution in [0.1, 0.15) is 60.2 Å². The number of allylic oxidation sites excluding steroid dienone is 1. The van der Waals surface area contributed by atoms with E-state index in [1.165, 1.54) is 22.8 Å². The second-order valence-corrected chi connectivity index (χ2v) is 20.8. The third-order valence-corrected chi connectivity index (χ3v) is 15.0. The number of anilines is 1. The predicted molar refractivity (Wildman–Crippen MR) is 250 cm³/mol. The highest BCUT2D eigenvalue weighted by molar-refractivity contribution is 7.90. The van der Waals surface area contributed by atoms with Crippen molar-refractivity contribution in [1.29, 1.82) is 0 Å². The lowest BCUT2D eigenvalue weighted by atomic mass is 9.72. The number of pyridine rings is 1. The summed E-state index contributed by atoms with van der Waals surface area (Å²) in [6.45, 7) is 13.2. The molecule has 2 aliphatic carbocycles. The van der Waals surface area contributed by atoms with Gasteiger partial charge in [0, 0.05) is 105 Å². The van der Waals surface area contributed by atoms with E-state index in [1.54, 1.807) is 30.6 Å². The monoisotopic (exact) mass is 906 g/mol. The Bertz CT molecular complexity index is 2720. The average Bonchev–Trinajstić information content (AvgIpc) is 3.91. The van der Waals surface area contributed by atoms with E-state index in [9.17, 15) is 23.3 Å².